The van der Waals surface area contributed by atoms with E-state index < -0.39 is 11.5 Å². The number of nitrogens with zero attached hydrogens (tertiary/aromatic N) is 1. The minimum absolute atomic E-state index is 0.190. The lowest BCUT2D eigenvalue weighted by Crippen LogP contribution is -2.24. The number of hydrogen-bond donors (Lipinski definition) is 2. The van der Waals surface area contributed by atoms with Crippen LogP contribution in [0.1, 0.15) is 16.1 Å². The minimum atomic E-state index is -0.404. The molecule has 3 N–H and O–H groups in total. The van der Waals surface area contributed by atoms with Crippen molar-refractivity contribution in [2.45, 2.75) is 6.54 Å². The van der Waals surface area contributed by atoms with Crippen LogP contribution in [0.3, 0.4) is 0 Å². The van der Waals surface area contributed by atoms with Crippen LogP contribution in [0.15, 0.2) is 39.6 Å². The average Bonchev–Trinajstić information content (AvgIpc) is 2.71. The lowest BCUT2D eigenvalue weighted by atomic mass is 10.2. The second kappa shape index (κ2) is 4.68. The Morgan fingerprint density at radius 1 is 1.35 bits per heavy atom. The summed E-state index contributed by atoms with van der Waals surface area (Å²) in [5.41, 5.74) is 5.94. The normalized spacial score (nSPS) is 10.5. The van der Waals surface area contributed by atoms with Crippen LogP contribution >= 0.6 is 15.9 Å². The number of H-pyrrole nitrogens is 1. The van der Waals surface area contributed by atoms with Crippen LogP contribution in [0, 0.1) is 0 Å². The molecule has 0 bridgehead atoms. The van der Waals surface area contributed by atoms with Gasteiger partial charge in [0.15, 0.2) is 0 Å². The van der Waals surface area contributed by atoms with Gasteiger partial charge in [-0.05, 0) is 24.3 Å². The van der Waals surface area contributed by atoms with Crippen molar-refractivity contribution in [1.29, 1.82) is 0 Å². The molecule has 0 amide bonds. The molecular formula is C11H10BrN3O2. The molecule has 0 aliphatic carbocycles. The van der Waals surface area contributed by atoms with Crippen LogP contribution in [-0.2, 0) is 6.54 Å². The molecular weight excluding hydrogens is 286 g/mol. The maximum atomic E-state index is 12.0. The van der Waals surface area contributed by atoms with E-state index in [1.165, 1.54) is 6.07 Å². The van der Waals surface area contributed by atoms with Crippen LogP contribution in [0.4, 0.5) is 0 Å². The molecule has 0 saturated carbocycles. The maximum absolute atomic E-state index is 12.0. The highest BCUT2D eigenvalue weighted by molar-refractivity contribution is 9.10. The predicted molar refractivity (Wildman–Crippen MR) is 66.8 cm³/mol. The Bertz CT molecular complexity index is 598. The van der Waals surface area contributed by atoms with E-state index in [4.69, 9.17) is 5.73 Å². The first-order valence-corrected chi connectivity index (χ1v) is 5.72. The Morgan fingerprint density at radius 2 is 2.00 bits per heavy atom. The average molecular weight is 296 g/mol. The highest BCUT2D eigenvalue weighted by Crippen LogP contribution is 2.11. The van der Waals surface area contributed by atoms with Crippen LogP contribution in [0.5, 0.6) is 0 Å². The van der Waals surface area contributed by atoms with E-state index in [1.54, 1.807) is 24.3 Å². The molecule has 0 aliphatic rings. The van der Waals surface area contributed by atoms with Crippen molar-refractivity contribution >= 4 is 21.8 Å². The van der Waals surface area contributed by atoms with E-state index in [2.05, 4.69) is 21.0 Å². The molecule has 1 aromatic heterocycles. The predicted octanol–water partition coefficient (Wildman–Crippen LogP) is 1.09. The number of carbonyl (C=O) groups is 1. The molecule has 1 heterocycles. The highest BCUT2D eigenvalue weighted by atomic mass is 79.9. The van der Waals surface area contributed by atoms with Gasteiger partial charge in [-0.25, -0.2) is 0 Å². The van der Waals surface area contributed by atoms with E-state index in [-0.39, 0.29) is 6.54 Å². The fourth-order valence-electron chi connectivity index (χ4n) is 1.42. The molecule has 2 rings (SSSR count). The summed E-state index contributed by atoms with van der Waals surface area (Å²) in [7, 11) is 0. The minimum Gasteiger partial charge on any atom is -0.325 e. The molecule has 17 heavy (non-hydrogen) atoms. The third-order valence-corrected chi connectivity index (χ3v) is 2.82. The molecule has 2 aromatic rings. The van der Waals surface area contributed by atoms with Crippen LogP contribution in [0.2, 0.25) is 0 Å². The van der Waals surface area contributed by atoms with Crippen molar-refractivity contribution in [3.05, 3.63) is 56.4 Å². The topological polar surface area (TPSA) is 80.9 Å². The van der Waals surface area contributed by atoms with Gasteiger partial charge in [0, 0.05) is 22.6 Å². The van der Waals surface area contributed by atoms with Crippen molar-refractivity contribution in [3.63, 3.8) is 0 Å². The highest BCUT2D eigenvalue weighted by Gasteiger charge is 2.12. The Balaban J connectivity index is 2.40. The Hall–Kier alpha value is -1.66. The van der Waals surface area contributed by atoms with Crippen molar-refractivity contribution in [3.8, 4) is 0 Å². The third kappa shape index (κ3) is 2.37. The Morgan fingerprint density at radius 3 is 2.53 bits per heavy atom. The van der Waals surface area contributed by atoms with E-state index in [0.29, 0.717) is 11.3 Å². The number of aromatic amines is 1. The fraction of sp³-hybridized carbons (Fsp3) is 0.0909. The third-order valence-electron chi connectivity index (χ3n) is 2.29. The summed E-state index contributed by atoms with van der Waals surface area (Å²) in [5, 5.41) is 2.66. The molecule has 1 aromatic carbocycles. The summed E-state index contributed by atoms with van der Waals surface area (Å²) in [6, 6.07) is 8.08. The van der Waals surface area contributed by atoms with Gasteiger partial charge in [0.05, 0.1) is 5.69 Å². The largest absolute Gasteiger partial charge is 0.325 e. The molecule has 5 nitrogen and oxygen atoms in total. The molecule has 0 spiro atoms. The van der Waals surface area contributed by atoms with Crippen molar-refractivity contribution < 1.29 is 4.79 Å². The SMILES string of the molecule is NCc1cc(=O)n(C(=O)c2ccc(Br)cc2)[nH]1. The first-order valence-electron chi connectivity index (χ1n) is 4.93. The molecule has 0 saturated heterocycles. The Kier molecular flexibility index (Phi) is 3.26. The quantitative estimate of drug-likeness (QED) is 0.870. The maximum Gasteiger partial charge on any atom is 0.279 e. The second-order valence-electron chi connectivity index (χ2n) is 3.47. The molecule has 0 radical (unpaired) electrons. The van der Waals surface area contributed by atoms with Crippen molar-refractivity contribution in [2.75, 3.05) is 0 Å². The van der Waals surface area contributed by atoms with Crippen LogP contribution in [0.25, 0.3) is 0 Å². The zero-order valence-electron chi connectivity index (χ0n) is 8.81. The summed E-state index contributed by atoms with van der Waals surface area (Å²) >= 11 is 3.28. The van der Waals surface area contributed by atoms with E-state index in [0.717, 1.165) is 9.15 Å². The van der Waals surface area contributed by atoms with Gasteiger partial charge in [-0.1, -0.05) is 15.9 Å². The number of benzene rings is 1. The van der Waals surface area contributed by atoms with Crippen LogP contribution in [-0.4, -0.2) is 15.7 Å². The number of hydrogen-bond acceptors (Lipinski definition) is 3. The molecule has 0 aliphatic heterocycles. The summed E-state index contributed by atoms with van der Waals surface area (Å²) in [6.07, 6.45) is 0. The van der Waals surface area contributed by atoms with Crippen molar-refractivity contribution in [2.24, 2.45) is 5.73 Å². The molecule has 0 atom stereocenters. The second-order valence-corrected chi connectivity index (χ2v) is 4.39. The van der Waals surface area contributed by atoms with Gasteiger partial charge >= 0.3 is 0 Å². The van der Waals surface area contributed by atoms with Gasteiger partial charge in [0.2, 0.25) is 0 Å². The van der Waals surface area contributed by atoms with E-state index >= 15 is 0 Å². The number of halogens is 1. The van der Waals surface area contributed by atoms with Gasteiger partial charge in [-0.3, -0.25) is 14.7 Å². The summed E-state index contributed by atoms with van der Waals surface area (Å²) in [4.78, 5) is 23.5. The number of nitrogens with one attached hydrogen (secondary N) is 1. The fourth-order valence-corrected chi connectivity index (χ4v) is 1.69. The smallest absolute Gasteiger partial charge is 0.279 e. The monoisotopic (exact) mass is 295 g/mol. The summed E-state index contributed by atoms with van der Waals surface area (Å²) < 4.78 is 1.82. The van der Waals surface area contributed by atoms with Gasteiger partial charge in [-0.15, -0.1) is 0 Å². The van der Waals surface area contributed by atoms with Crippen molar-refractivity contribution in [1.82, 2.24) is 9.78 Å². The standard InChI is InChI=1S/C11H10BrN3O2/c12-8-3-1-7(2-4-8)11(17)15-10(16)5-9(6-13)14-15/h1-5,14H,6,13H2. The molecule has 88 valence electrons. The molecule has 0 fully saturated rings. The first-order chi connectivity index (χ1) is 8.11. The lowest BCUT2D eigenvalue weighted by molar-refractivity contribution is 0.0941. The lowest BCUT2D eigenvalue weighted by Gasteiger charge is -2.01. The summed E-state index contributed by atoms with van der Waals surface area (Å²) in [6.45, 7) is 0.190. The van der Waals surface area contributed by atoms with E-state index in [9.17, 15) is 9.59 Å². The number of nitrogens with two attached hydrogens (primary N) is 1. The van der Waals surface area contributed by atoms with E-state index in [1.807, 2.05) is 0 Å². The molecule has 0 unspecified atom stereocenters. The zero-order chi connectivity index (χ0) is 12.4. The number of rotatable bonds is 2. The van der Waals surface area contributed by atoms with Crippen LogP contribution < -0.4 is 11.3 Å². The zero-order valence-corrected chi connectivity index (χ0v) is 10.4. The van der Waals surface area contributed by atoms with Gasteiger partial charge in [0.25, 0.3) is 11.5 Å². The first kappa shape index (κ1) is 11.8. The Labute approximate surface area is 105 Å². The van der Waals surface area contributed by atoms with Gasteiger partial charge in [0.1, 0.15) is 0 Å². The number of aromatic nitrogens is 2. The summed E-state index contributed by atoms with van der Waals surface area (Å²) in [5.74, 6) is -0.401. The van der Waals surface area contributed by atoms with Gasteiger partial charge < -0.3 is 5.73 Å². The molecule has 6 heteroatoms. The number of carbonyl (C=O) groups excluding carboxylic acids is 1. The van der Waals surface area contributed by atoms with Gasteiger partial charge in [-0.2, -0.15) is 4.68 Å².